The summed E-state index contributed by atoms with van der Waals surface area (Å²) in [5.41, 5.74) is 0.884. The molecule has 3 amide bonds. The lowest BCUT2D eigenvalue weighted by Crippen LogP contribution is -2.37. The maximum atomic E-state index is 12.4. The molecule has 30 heavy (non-hydrogen) atoms. The van der Waals surface area contributed by atoms with Crippen LogP contribution in [0.2, 0.25) is 0 Å². The van der Waals surface area contributed by atoms with E-state index in [1.807, 2.05) is 12.1 Å². The lowest BCUT2D eigenvalue weighted by atomic mass is 9.81. The SMILES string of the molecule is COc1ccc(CNC(=O)[C@H](C)OC(=O)CCN2C(=O)[C@H]3CCCC[C@H]3C2=O)cc1. The Morgan fingerprint density at radius 3 is 2.27 bits per heavy atom. The number of ether oxygens (including phenoxy) is 2. The summed E-state index contributed by atoms with van der Waals surface area (Å²) in [6.07, 6.45) is 2.30. The second-order valence-corrected chi connectivity index (χ2v) is 7.77. The van der Waals surface area contributed by atoms with Crippen LogP contribution in [-0.4, -0.2) is 48.3 Å². The average molecular weight is 416 g/mol. The number of hydrogen-bond donors (Lipinski definition) is 1. The highest BCUT2D eigenvalue weighted by atomic mass is 16.5. The molecule has 1 aromatic rings. The second kappa shape index (κ2) is 9.73. The van der Waals surface area contributed by atoms with E-state index in [-0.39, 0.29) is 36.6 Å². The van der Waals surface area contributed by atoms with Gasteiger partial charge in [0.05, 0.1) is 25.4 Å². The number of hydrogen-bond acceptors (Lipinski definition) is 6. The number of carbonyl (C=O) groups excluding carboxylic acids is 4. The monoisotopic (exact) mass is 416 g/mol. The number of imide groups is 1. The molecule has 1 N–H and O–H groups in total. The largest absolute Gasteiger partial charge is 0.497 e. The number of likely N-dealkylation sites (tertiary alicyclic amines) is 1. The van der Waals surface area contributed by atoms with Gasteiger partial charge >= 0.3 is 5.97 Å². The van der Waals surface area contributed by atoms with Crippen molar-refractivity contribution in [1.82, 2.24) is 10.2 Å². The van der Waals surface area contributed by atoms with Crippen LogP contribution >= 0.6 is 0 Å². The molecule has 1 saturated carbocycles. The van der Waals surface area contributed by atoms with E-state index >= 15 is 0 Å². The Kier molecular flexibility index (Phi) is 7.07. The molecule has 0 bridgehead atoms. The second-order valence-electron chi connectivity index (χ2n) is 7.77. The Bertz CT molecular complexity index is 782. The molecule has 2 aliphatic rings. The number of nitrogens with zero attached hydrogens (tertiary/aromatic N) is 1. The molecular formula is C22H28N2O6. The number of benzene rings is 1. The maximum absolute atomic E-state index is 12.4. The summed E-state index contributed by atoms with van der Waals surface area (Å²) >= 11 is 0. The Morgan fingerprint density at radius 2 is 1.70 bits per heavy atom. The topological polar surface area (TPSA) is 102 Å². The predicted molar refractivity (Wildman–Crippen MR) is 107 cm³/mol. The van der Waals surface area contributed by atoms with Crippen LogP contribution in [0.4, 0.5) is 0 Å². The molecule has 1 aliphatic carbocycles. The molecule has 1 heterocycles. The van der Waals surface area contributed by atoms with Crippen LogP contribution in [0.3, 0.4) is 0 Å². The Labute approximate surface area is 175 Å². The van der Waals surface area contributed by atoms with Crippen molar-refractivity contribution in [2.45, 2.75) is 51.7 Å². The van der Waals surface area contributed by atoms with Gasteiger partial charge in [0.2, 0.25) is 11.8 Å². The quantitative estimate of drug-likeness (QED) is 0.512. The average Bonchev–Trinajstić information content (AvgIpc) is 3.01. The van der Waals surface area contributed by atoms with E-state index in [1.54, 1.807) is 19.2 Å². The molecule has 0 spiro atoms. The van der Waals surface area contributed by atoms with E-state index < -0.39 is 18.0 Å². The van der Waals surface area contributed by atoms with Crippen molar-refractivity contribution < 1.29 is 28.7 Å². The third-order valence-electron chi connectivity index (χ3n) is 5.78. The Morgan fingerprint density at radius 1 is 1.10 bits per heavy atom. The van der Waals surface area contributed by atoms with Gasteiger partial charge < -0.3 is 14.8 Å². The lowest BCUT2D eigenvalue weighted by Gasteiger charge is -2.19. The van der Waals surface area contributed by atoms with Crippen LogP contribution < -0.4 is 10.1 Å². The number of rotatable bonds is 8. The first-order valence-corrected chi connectivity index (χ1v) is 10.4. The Balaban J connectivity index is 1.42. The first-order chi connectivity index (χ1) is 14.4. The molecule has 8 heteroatoms. The van der Waals surface area contributed by atoms with Gasteiger partial charge in [-0.1, -0.05) is 25.0 Å². The van der Waals surface area contributed by atoms with E-state index in [9.17, 15) is 19.2 Å². The zero-order valence-corrected chi connectivity index (χ0v) is 17.4. The molecule has 3 atom stereocenters. The molecular weight excluding hydrogens is 388 g/mol. The number of carbonyl (C=O) groups is 4. The van der Waals surface area contributed by atoms with E-state index in [4.69, 9.17) is 9.47 Å². The van der Waals surface area contributed by atoms with Crippen LogP contribution in [-0.2, 0) is 30.5 Å². The van der Waals surface area contributed by atoms with Gasteiger partial charge in [0.15, 0.2) is 6.10 Å². The molecule has 1 saturated heterocycles. The standard InChI is InChI=1S/C22H28N2O6/c1-14(20(26)23-13-15-7-9-16(29-2)10-8-15)30-19(25)11-12-24-21(27)17-5-3-4-6-18(17)22(24)28/h7-10,14,17-18H,3-6,11-13H2,1-2H3,(H,23,26)/t14-,17-,18+/m0/s1. The maximum Gasteiger partial charge on any atom is 0.308 e. The first-order valence-electron chi connectivity index (χ1n) is 10.4. The van der Waals surface area contributed by atoms with Gasteiger partial charge in [-0.15, -0.1) is 0 Å². The van der Waals surface area contributed by atoms with Crippen molar-refractivity contribution in [3.8, 4) is 5.75 Å². The zero-order chi connectivity index (χ0) is 21.7. The number of methoxy groups -OCH3 is 1. The number of nitrogens with one attached hydrogen (secondary N) is 1. The molecule has 2 fully saturated rings. The van der Waals surface area contributed by atoms with Gasteiger partial charge in [0.25, 0.3) is 5.91 Å². The fraction of sp³-hybridized carbons (Fsp3) is 0.545. The fourth-order valence-electron chi connectivity index (χ4n) is 4.04. The molecule has 0 radical (unpaired) electrons. The van der Waals surface area contributed by atoms with Crippen molar-refractivity contribution in [3.05, 3.63) is 29.8 Å². The van der Waals surface area contributed by atoms with Crippen LogP contribution in [0.1, 0.15) is 44.6 Å². The molecule has 1 aromatic carbocycles. The minimum absolute atomic E-state index is 0.00366. The highest BCUT2D eigenvalue weighted by Gasteiger charge is 2.47. The zero-order valence-electron chi connectivity index (χ0n) is 17.4. The highest BCUT2D eigenvalue weighted by molar-refractivity contribution is 6.05. The van der Waals surface area contributed by atoms with Gasteiger partial charge in [-0.2, -0.15) is 0 Å². The van der Waals surface area contributed by atoms with E-state index in [0.717, 1.165) is 37.0 Å². The van der Waals surface area contributed by atoms with Crippen molar-refractivity contribution in [2.24, 2.45) is 11.8 Å². The highest BCUT2D eigenvalue weighted by Crippen LogP contribution is 2.37. The smallest absolute Gasteiger partial charge is 0.308 e. The third kappa shape index (κ3) is 4.98. The number of fused-ring (bicyclic) bond motifs is 1. The van der Waals surface area contributed by atoms with Gasteiger partial charge in [-0.3, -0.25) is 24.1 Å². The summed E-state index contributed by atoms with van der Waals surface area (Å²) in [5, 5.41) is 2.71. The molecule has 0 aromatic heterocycles. The summed E-state index contributed by atoms with van der Waals surface area (Å²) in [7, 11) is 1.58. The van der Waals surface area contributed by atoms with E-state index in [1.165, 1.54) is 11.8 Å². The molecule has 162 valence electrons. The van der Waals surface area contributed by atoms with Crippen LogP contribution in [0, 0.1) is 11.8 Å². The van der Waals surface area contributed by atoms with Gasteiger partial charge in [-0.25, -0.2) is 0 Å². The number of esters is 1. The van der Waals surface area contributed by atoms with Crippen molar-refractivity contribution in [2.75, 3.05) is 13.7 Å². The van der Waals surface area contributed by atoms with Crippen molar-refractivity contribution >= 4 is 23.7 Å². The van der Waals surface area contributed by atoms with Gasteiger partial charge in [0.1, 0.15) is 5.75 Å². The Hall–Kier alpha value is -2.90. The summed E-state index contributed by atoms with van der Waals surface area (Å²) in [5.74, 6) is -1.13. The van der Waals surface area contributed by atoms with Gasteiger partial charge in [-0.05, 0) is 37.5 Å². The van der Waals surface area contributed by atoms with Crippen LogP contribution in [0.15, 0.2) is 24.3 Å². The van der Waals surface area contributed by atoms with Crippen LogP contribution in [0.25, 0.3) is 0 Å². The molecule has 1 aliphatic heterocycles. The molecule has 0 unspecified atom stereocenters. The van der Waals surface area contributed by atoms with Crippen molar-refractivity contribution in [1.29, 1.82) is 0 Å². The summed E-state index contributed by atoms with van der Waals surface area (Å²) in [6, 6.07) is 7.25. The summed E-state index contributed by atoms with van der Waals surface area (Å²) < 4.78 is 10.3. The van der Waals surface area contributed by atoms with E-state index in [2.05, 4.69) is 5.32 Å². The minimum atomic E-state index is -0.969. The lowest BCUT2D eigenvalue weighted by molar-refractivity contribution is -0.155. The summed E-state index contributed by atoms with van der Waals surface area (Å²) in [6.45, 7) is 1.79. The molecule has 8 nitrogen and oxygen atoms in total. The van der Waals surface area contributed by atoms with E-state index in [0.29, 0.717) is 6.54 Å². The number of amides is 3. The van der Waals surface area contributed by atoms with Gasteiger partial charge in [0, 0.05) is 13.1 Å². The van der Waals surface area contributed by atoms with Crippen LogP contribution in [0.5, 0.6) is 5.75 Å². The summed E-state index contributed by atoms with van der Waals surface area (Å²) in [4.78, 5) is 50.4. The molecule has 3 rings (SSSR count). The third-order valence-corrected chi connectivity index (χ3v) is 5.78. The minimum Gasteiger partial charge on any atom is -0.497 e. The fourth-order valence-corrected chi connectivity index (χ4v) is 4.04. The predicted octanol–water partition coefficient (Wildman–Crippen LogP) is 1.81. The first kappa shape index (κ1) is 21.8. The normalized spacial score (nSPS) is 21.7. The van der Waals surface area contributed by atoms with Crippen molar-refractivity contribution in [3.63, 3.8) is 0 Å².